The average molecular weight is 177 g/mol. The van der Waals surface area contributed by atoms with Crippen molar-refractivity contribution >= 4 is 6.21 Å². The van der Waals surface area contributed by atoms with Crippen LogP contribution in [0.2, 0.25) is 0 Å². The summed E-state index contributed by atoms with van der Waals surface area (Å²) < 4.78 is 0. The van der Waals surface area contributed by atoms with E-state index < -0.39 is 0 Å². The van der Waals surface area contributed by atoms with E-state index in [1.807, 2.05) is 0 Å². The first kappa shape index (κ1) is 13.9. The molecule has 0 saturated heterocycles. The zero-order chi connectivity index (χ0) is 9.66. The molecule has 12 heavy (non-hydrogen) atoms. The Labute approximate surface area is 73.5 Å². The van der Waals surface area contributed by atoms with E-state index >= 15 is 0 Å². The molecule has 74 valence electrons. The van der Waals surface area contributed by atoms with Crippen LogP contribution < -0.4 is 5.16 Å². The van der Waals surface area contributed by atoms with E-state index in [4.69, 9.17) is 10.2 Å². The monoisotopic (exact) mass is 177 g/mol. The molecule has 0 saturated carbocycles. The van der Waals surface area contributed by atoms with Gasteiger partial charge in [0.25, 0.3) is 0 Å². The maximum Gasteiger partial charge on any atom is 0.148 e. The van der Waals surface area contributed by atoms with Gasteiger partial charge < -0.3 is 15.4 Å². The molecule has 0 aliphatic heterocycles. The van der Waals surface area contributed by atoms with Gasteiger partial charge in [0.05, 0.1) is 13.2 Å². The molecule has 4 nitrogen and oxygen atoms in total. The lowest BCUT2D eigenvalue weighted by Crippen LogP contribution is -2.60. The standard InChI is InChI=1S/C6H13NO.C2H6O2/c1-2-3-4-5-6-7-8;3-1-2-4/h6-7H,2-5H2,1H3;3-4H,1-2H2. The van der Waals surface area contributed by atoms with Crippen molar-refractivity contribution in [2.75, 3.05) is 13.2 Å². The highest BCUT2D eigenvalue weighted by molar-refractivity contribution is 5.49. The molecule has 0 aromatic heterocycles. The second-order valence-electron chi connectivity index (χ2n) is 2.26. The molecule has 4 heteroatoms. The van der Waals surface area contributed by atoms with E-state index in [-0.39, 0.29) is 13.2 Å². The molecule has 0 heterocycles. The molecule has 0 aliphatic carbocycles. The quantitative estimate of drug-likeness (QED) is 0.222. The maximum absolute atomic E-state index is 9.59. The molecule has 0 unspecified atom stereocenters. The molecule has 0 bridgehead atoms. The lowest BCUT2D eigenvalue weighted by Gasteiger charge is -1.87. The summed E-state index contributed by atoms with van der Waals surface area (Å²) in [5, 5.41) is 26.6. The molecule has 0 radical (unpaired) electrons. The van der Waals surface area contributed by atoms with Crippen LogP contribution in [0.5, 0.6) is 0 Å². The van der Waals surface area contributed by atoms with Gasteiger partial charge in [-0.1, -0.05) is 19.8 Å². The molecular formula is C8H19NO3. The molecular weight excluding hydrogens is 158 g/mol. The van der Waals surface area contributed by atoms with E-state index in [1.54, 1.807) is 11.4 Å². The Morgan fingerprint density at radius 2 is 1.83 bits per heavy atom. The minimum Gasteiger partial charge on any atom is -0.626 e. The second kappa shape index (κ2) is 16.8. The van der Waals surface area contributed by atoms with Gasteiger partial charge in [-0.3, -0.25) is 0 Å². The van der Waals surface area contributed by atoms with Crippen LogP contribution in [0.3, 0.4) is 0 Å². The van der Waals surface area contributed by atoms with Crippen molar-refractivity contribution in [3.63, 3.8) is 0 Å². The highest BCUT2D eigenvalue weighted by atomic mass is 16.4. The van der Waals surface area contributed by atoms with Crippen LogP contribution in [0.4, 0.5) is 0 Å². The number of aliphatic hydroxyl groups excluding tert-OH is 2. The summed E-state index contributed by atoms with van der Waals surface area (Å²) in [6.45, 7) is 1.89. The van der Waals surface area contributed by atoms with E-state index in [1.165, 1.54) is 12.8 Å². The molecule has 0 atom stereocenters. The van der Waals surface area contributed by atoms with Crippen molar-refractivity contribution in [2.45, 2.75) is 32.6 Å². The molecule has 0 aliphatic rings. The topological polar surface area (TPSA) is 77.5 Å². The van der Waals surface area contributed by atoms with E-state index in [0.717, 1.165) is 12.8 Å². The Morgan fingerprint density at radius 1 is 1.25 bits per heavy atom. The zero-order valence-corrected chi connectivity index (χ0v) is 7.62. The first-order valence-corrected chi connectivity index (χ1v) is 4.24. The smallest absolute Gasteiger partial charge is 0.148 e. The van der Waals surface area contributed by atoms with Crippen molar-refractivity contribution < 1.29 is 15.4 Å². The number of nitrogens with one attached hydrogen (secondary N) is 1. The van der Waals surface area contributed by atoms with Crippen LogP contribution in [0, 0.1) is 5.21 Å². The SMILES string of the molecule is CCCCCC=[NH+][O-].OCCO. The largest absolute Gasteiger partial charge is 0.626 e. The molecule has 0 fully saturated rings. The Kier molecular flexibility index (Phi) is 19.5. The van der Waals surface area contributed by atoms with Gasteiger partial charge in [0.15, 0.2) is 0 Å². The molecule has 0 aromatic carbocycles. The third-order valence-electron chi connectivity index (χ3n) is 1.14. The maximum atomic E-state index is 9.59. The van der Waals surface area contributed by atoms with E-state index in [0.29, 0.717) is 0 Å². The fraction of sp³-hybridized carbons (Fsp3) is 0.875. The molecule has 0 aromatic rings. The van der Waals surface area contributed by atoms with Gasteiger partial charge in [0.1, 0.15) is 6.21 Å². The number of aliphatic hydroxyl groups is 2. The van der Waals surface area contributed by atoms with Crippen molar-refractivity contribution in [1.29, 1.82) is 0 Å². The fourth-order valence-corrected chi connectivity index (χ4v) is 0.555. The van der Waals surface area contributed by atoms with Crippen LogP contribution in [0.15, 0.2) is 0 Å². The van der Waals surface area contributed by atoms with Crippen LogP contribution in [-0.4, -0.2) is 29.6 Å². The van der Waals surface area contributed by atoms with Gasteiger partial charge in [-0.05, 0) is 6.42 Å². The molecule has 0 amide bonds. The normalized spacial score (nSPS) is 9.58. The van der Waals surface area contributed by atoms with Crippen LogP contribution >= 0.6 is 0 Å². The van der Waals surface area contributed by atoms with Gasteiger partial charge in [-0.15, -0.1) is 0 Å². The predicted octanol–water partition coefficient (Wildman–Crippen LogP) is -0.813. The van der Waals surface area contributed by atoms with Crippen LogP contribution in [0.25, 0.3) is 0 Å². The van der Waals surface area contributed by atoms with Crippen molar-refractivity contribution in [3.8, 4) is 0 Å². The summed E-state index contributed by atoms with van der Waals surface area (Å²) in [5.74, 6) is 0. The van der Waals surface area contributed by atoms with Crippen molar-refractivity contribution in [3.05, 3.63) is 5.21 Å². The summed E-state index contributed by atoms with van der Waals surface area (Å²) in [7, 11) is 0. The van der Waals surface area contributed by atoms with Gasteiger partial charge in [0, 0.05) is 6.42 Å². The predicted molar refractivity (Wildman–Crippen MR) is 48.7 cm³/mol. The second-order valence-corrected chi connectivity index (χ2v) is 2.26. The lowest BCUT2D eigenvalue weighted by atomic mass is 10.2. The lowest BCUT2D eigenvalue weighted by molar-refractivity contribution is -0.368. The molecule has 3 N–H and O–H groups in total. The summed E-state index contributed by atoms with van der Waals surface area (Å²) in [4.78, 5) is 0. The Morgan fingerprint density at radius 3 is 2.17 bits per heavy atom. The number of hydrogen-bond acceptors (Lipinski definition) is 3. The van der Waals surface area contributed by atoms with Gasteiger partial charge in [-0.25, -0.2) is 5.16 Å². The summed E-state index contributed by atoms with van der Waals surface area (Å²) in [6.07, 6.45) is 6.02. The zero-order valence-electron chi connectivity index (χ0n) is 7.62. The first-order valence-electron chi connectivity index (χ1n) is 4.24. The summed E-state index contributed by atoms with van der Waals surface area (Å²) in [5.41, 5.74) is 0. The molecule has 0 spiro atoms. The first-order chi connectivity index (χ1) is 5.83. The fourth-order valence-electron chi connectivity index (χ4n) is 0.555. The van der Waals surface area contributed by atoms with E-state index in [2.05, 4.69) is 6.92 Å². The average Bonchev–Trinajstić information content (AvgIpc) is 2.13. The number of unbranched alkanes of at least 4 members (excludes halogenated alkanes) is 3. The Balaban J connectivity index is 0. The van der Waals surface area contributed by atoms with Gasteiger partial charge in [0.2, 0.25) is 0 Å². The highest BCUT2D eigenvalue weighted by Crippen LogP contribution is 1.94. The third kappa shape index (κ3) is 22.8. The van der Waals surface area contributed by atoms with E-state index in [9.17, 15) is 5.21 Å². The van der Waals surface area contributed by atoms with Crippen molar-refractivity contribution in [2.24, 2.45) is 0 Å². The number of hydrogen-bond donors (Lipinski definition) is 3. The minimum atomic E-state index is -0.125. The van der Waals surface area contributed by atoms with Crippen LogP contribution in [-0.2, 0) is 0 Å². The summed E-state index contributed by atoms with van der Waals surface area (Å²) in [6, 6.07) is 0. The van der Waals surface area contributed by atoms with Gasteiger partial charge in [-0.2, -0.15) is 0 Å². The summed E-state index contributed by atoms with van der Waals surface area (Å²) >= 11 is 0. The third-order valence-corrected chi connectivity index (χ3v) is 1.14. The Bertz CT molecular complexity index is 84.4. The molecule has 0 rings (SSSR count). The van der Waals surface area contributed by atoms with Gasteiger partial charge >= 0.3 is 0 Å². The van der Waals surface area contributed by atoms with Crippen molar-refractivity contribution in [1.82, 2.24) is 0 Å². The Hall–Kier alpha value is -0.610. The highest BCUT2D eigenvalue weighted by Gasteiger charge is 1.81. The minimum absolute atomic E-state index is 0.125. The number of rotatable bonds is 5. The van der Waals surface area contributed by atoms with Crippen LogP contribution in [0.1, 0.15) is 32.6 Å².